The highest BCUT2D eigenvalue weighted by atomic mass is 35.6. The lowest BCUT2D eigenvalue weighted by Crippen LogP contribution is -2.48. The predicted molar refractivity (Wildman–Crippen MR) is 40.5 cm³/mol. The summed E-state index contributed by atoms with van der Waals surface area (Å²) in [6.07, 6.45) is 0. The summed E-state index contributed by atoms with van der Waals surface area (Å²) in [5.74, 6) is 0. The summed E-state index contributed by atoms with van der Waals surface area (Å²) < 4.78 is 0.515. The second-order valence-corrected chi connectivity index (χ2v) is 12.3. The highest BCUT2D eigenvalue weighted by Gasteiger charge is 2.37. The molecule has 0 spiro atoms. The monoisotopic (exact) mass is 170 g/mol. The Labute approximate surface area is 56.7 Å². The molecular formula is C3H8Cl2Si2. The Kier molecular flexibility index (Phi) is 1.83. The van der Waals surface area contributed by atoms with E-state index in [1.807, 2.05) is 0 Å². The minimum Gasteiger partial charge on any atom is -0.171 e. The lowest BCUT2D eigenvalue weighted by molar-refractivity contribution is 1.51. The van der Waals surface area contributed by atoms with E-state index in [4.69, 9.17) is 22.7 Å². The minimum absolute atomic E-state index is 0.426. The van der Waals surface area contributed by atoms with Crippen molar-refractivity contribution in [2.45, 2.75) is 16.8 Å². The van der Waals surface area contributed by atoms with Crippen molar-refractivity contribution in [1.82, 2.24) is 0 Å². The van der Waals surface area contributed by atoms with Gasteiger partial charge < -0.3 is 0 Å². The van der Waals surface area contributed by atoms with Gasteiger partial charge in [-0.25, -0.2) is 0 Å². The minimum atomic E-state index is -0.822. The van der Waals surface area contributed by atoms with Crippen LogP contribution in [0.5, 0.6) is 0 Å². The summed E-state index contributed by atoms with van der Waals surface area (Å²) in [5.41, 5.74) is 1.37. The van der Waals surface area contributed by atoms with E-state index in [0.29, 0.717) is 4.62 Å². The first-order valence-corrected chi connectivity index (χ1v) is 8.80. The van der Waals surface area contributed by atoms with Gasteiger partial charge in [-0.05, 0) is 0 Å². The second-order valence-electron chi connectivity index (χ2n) is 2.17. The Balaban J connectivity index is 2.29. The number of alkyl halides is 1. The lowest BCUT2D eigenvalue weighted by atomic mass is 11.7. The van der Waals surface area contributed by atoms with Crippen LogP contribution in [0.2, 0.25) is 12.2 Å². The fourth-order valence-corrected chi connectivity index (χ4v) is 13.6. The van der Waals surface area contributed by atoms with Crippen molar-refractivity contribution < 1.29 is 0 Å². The third-order valence-corrected chi connectivity index (χ3v) is 17.1. The molecule has 0 aliphatic carbocycles. The second kappa shape index (κ2) is 2.09. The molecule has 3 unspecified atom stereocenters. The molecule has 42 valence electrons. The summed E-state index contributed by atoms with van der Waals surface area (Å²) in [4.78, 5) is 0. The molecule has 1 saturated heterocycles. The molecule has 0 N–H and O–H groups in total. The van der Waals surface area contributed by atoms with Crippen molar-refractivity contribution in [3.05, 3.63) is 0 Å². The van der Waals surface area contributed by atoms with Crippen molar-refractivity contribution in [2.24, 2.45) is 0 Å². The van der Waals surface area contributed by atoms with Crippen LogP contribution < -0.4 is 0 Å². The van der Waals surface area contributed by atoms with Gasteiger partial charge in [-0.2, -0.15) is 11.1 Å². The normalized spacial score (nSPS) is 51.0. The van der Waals surface area contributed by atoms with E-state index in [0.717, 1.165) is 0 Å². The van der Waals surface area contributed by atoms with Crippen molar-refractivity contribution in [3.8, 4) is 0 Å². The van der Waals surface area contributed by atoms with Crippen LogP contribution in [0.25, 0.3) is 0 Å². The number of halogens is 2. The first-order valence-electron chi connectivity index (χ1n) is 2.50. The standard InChI is InChI=1S/C3H8Cl2Si2/c1-6-2-7(5)3(6)4/h3,6-7H,2H2,1H3. The lowest BCUT2D eigenvalue weighted by Gasteiger charge is -2.31. The van der Waals surface area contributed by atoms with Crippen LogP contribution in [-0.4, -0.2) is 21.5 Å². The smallest absolute Gasteiger partial charge is 0.152 e. The average Bonchev–Trinajstić information content (AvgIpc) is 1.68. The average molecular weight is 171 g/mol. The molecule has 1 aliphatic rings. The Bertz CT molecular complexity index is 69.3. The van der Waals surface area contributed by atoms with Gasteiger partial charge in [0.15, 0.2) is 8.11 Å². The largest absolute Gasteiger partial charge is 0.171 e. The summed E-state index contributed by atoms with van der Waals surface area (Å²) in [7, 11) is -1.25. The Hall–Kier alpha value is 1.01. The maximum Gasteiger partial charge on any atom is 0.152 e. The van der Waals surface area contributed by atoms with E-state index in [1.54, 1.807) is 0 Å². The van der Waals surface area contributed by atoms with E-state index >= 15 is 0 Å². The fraction of sp³-hybridized carbons (Fsp3) is 1.00. The molecular weight excluding hydrogens is 163 g/mol. The van der Waals surface area contributed by atoms with Gasteiger partial charge in [0.05, 0.1) is 8.80 Å². The van der Waals surface area contributed by atoms with Gasteiger partial charge in [-0.3, -0.25) is 0 Å². The molecule has 0 aromatic heterocycles. The molecule has 1 fully saturated rings. The van der Waals surface area contributed by atoms with Gasteiger partial charge in [0.2, 0.25) is 0 Å². The molecule has 3 atom stereocenters. The topological polar surface area (TPSA) is 0 Å². The summed E-state index contributed by atoms with van der Waals surface area (Å²) in [6.45, 7) is 2.30. The molecule has 0 amide bonds. The van der Waals surface area contributed by atoms with Crippen LogP contribution in [0.3, 0.4) is 0 Å². The first-order chi connectivity index (χ1) is 3.22. The highest BCUT2D eigenvalue weighted by Crippen LogP contribution is 2.26. The van der Waals surface area contributed by atoms with Crippen LogP contribution in [-0.2, 0) is 0 Å². The Morgan fingerprint density at radius 2 is 2.29 bits per heavy atom. The van der Waals surface area contributed by atoms with Crippen molar-refractivity contribution in [2.75, 3.05) is 0 Å². The molecule has 1 aliphatic heterocycles. The predicted octanol–water partition coefficient (Wildman–Crippen LogP) is 1.04. The molecule has 1 heterocycles. The number of hydrogen-bond acceptors (Lipinski definition) is 0. The quantitative estimate of drug-likeness (QED) is 0.290. The fourth-order valence-electron chi connectivity index (χ4n) is 0.776. The van der Waals surface area contributed by atoms with E-state index in [-0.39, 0.29) is 0 Å². The molecule has 0 radical (unpaired) electrons. The summed E-state index contributed by atoms with van der Waals surface area (Å²) >= 11 is 11.7. The number of hydrogen-bond donors (Lipinski definition) is 0. The van der Waals surface area contributed by atoms with Gasteiger partial charge >= 0.3 is 0 Å². The summed E-state index contributed by atoms with van der Waals surface area (Å²) in [5, 5.41) is 0. The van der Waals surface area contributed by atoms with E-state index in [2.05, 4.69) is 6.55 Å². The van der Waals surface area contributed by atoms with Gasteiger partial charge in [0.1, 0.15) is 0 Å². The van der Waals surface area contributed by atoms with Crippen LogP contribution >= 0.6 is 22.7 Å². The molecule has 7 heavy (non-hydrogen) atoms. The van der Waals surface area contributed by atoms with Gasteiger partial charge in [-0.1, -0.05) is 12.2 Å². The van der Waals surface area contributed by atoms with Gasteiger partial charge in [0.25, 0.3) is 0 Å². The van der Waals surface area contributed by atoms with E-state index < -0.39 is 16.9 Å². The molecule has 1 rings (SSSR count). The van der Waals surface area contributed by atoms with Crippen molar-refractivity contribution in [1.29, 1.82) is 0 Å². The van der Waals surface area contributed by atoms with Gasteiger partial charge in [-0.15, -0.1) is 11.6 Å². The third-order valence-electron chi connectivity index (χ3n) is 1.49. The molecule has 0 bridgehead atoms. The molecule has 0 aromatic carbocycles. The maximum atomic E-state index is 5.84. The number of rotatable bonds is 0. The highest BCUT2D eigenvalue weighted by molar-refractivity contribution is 7.25. The van der Waals surface area contributed by atoms with Crippen LogP contribution in [0.1, 0.15) is 0 Å². The van der Waals surface area contributed by atoms with Crippen LogP contribution in [0, 0.1) is 0 Å². The molecule has 0 nitrogen and oxygen atoms in total. The van der Waals surface area contributed by atoms with Crippen LogP contribution in [0.4, 0.5) is 0 Å². The van der Waals surface area contributed by atoms with E-state index in [1.165, 1.54) is 5.67 Å². The third kappa shape index (κ3) is 1.04. The Morgan fingerprint density at radius 3 is 2.29 bits per heavy atom. The summed E-state index contributed by atoms with van der Waals surface area (Å²) in [6, 6.07) is 0. The van der Waals surface area contributed by atoms with Gasteiger partial charge in [0, 0.05) is 4.62 Å². The zero-order valence-electron chi connectivity index (χ0n) is 4.20. The van der Waals surface area contributed by atoms with Crippen molar-refractivity contribution in [3.63, 3.8) is 0 Å². The first kappa shape index (κ1) is 6.14. The zero-order valence-corrected chi connectivity index (χ0v) is 8.02. The zero-order chi connectivity index (χ0) is 5.44. The van der Waals surface area contributed by atoms with E-state index in [9.17, 15) is 0 Å². The van der Waals surface area contributed by atoms with Crippen LogP contribution in [0.15, 0.2) is 0 Å². The molecule has 0 saturated carbocycles. The maximum absolute atomic E-state index is 5.84. The SMILES string of the molecule is C[SiH]1C[SiH](Cl)C1Cl. The molecule has 4 heteroatoms. The van der Waals surface area contributed by atoms with Crippen molar-refractivity contribution >= 4 is 39.6 Å². The Morgan fingerprint density at radius 1 is 1.71 bits per heavy atom. The molecule has 0 aromatic rings.